The topological polar surface area (TPSA) is 75.4 Å². The second-order valence-corrected chi connectivity index (χ2v) is 4.36. The maximum atomic E-state index is 10.9. The van der Waals surface area contributed by atoms with Crippen LogP contribution in [0.15, 0.2) is 18.2 Å². The van der Waals surface area contributed by atoms with Crippen molar-refractivity contribution in [2.75, 3.05) is 18.5 Å². The Balaban J connectivity index is 2.47. The molecule has 0 saturated carbocycles. The molecule has 0 fully saturated rings. The number of unbranched alkanes of at least 4 members (excludes halogenated alkanes) is 3. The molecule has 1 aromatic rings. The zero-order valence-electron chi connectivity index (χ0n) is 10.1. The van der Waals surface area contributed by atoms with Gasteiger partial charge in [-0.3, -0.25) is 10.1 Å². The van der Waals surface area contributed by atoms with Gasteiger partial charge >= 0.3 is 5.69 Å². The quantitative estimate of drug-likeness (QED) is 0.433. The van der Waals surface area contributed by atoms with Gasteiger partial charge in [0.05, 0.1) is 4.92 Å². The first-order valence-corrected chi connectivity index (χ1v) is 6.32. The molecule has 100 valence electrons. The number of rotatable bonds is 8. The molecule has 18 heavy (non-hydrogen) atoms. The number of nitrogens with zero attached hydrogens (tertiary/aromatic N) is 1. The summed E-state index contributed by atoms with van der Waals surface area (Å²) in [4.78, 5) is 10.4. The zero-order chi connectivity index (χ0) is 13.4. The van der Waals surface area contributed by atoms with Crippen LogP contribution in [0, 0.1) is 10.1 Å². The Morgan fingerprint density at radius 3 is 2.67 bits per heavy atom. The Kier molecular flexibility index (Phi) is 6.46. The van der Waals surface area contributed by atoms with Gasteiger partial charge in [0.2, 0.25) is 0 Å². The van der Waals surface area contributed by atoms with E-state index in [1.165, 1.54) is 6.07 Å². The lowest BCUT2D eigenvalue weighted by Gasteiger charge is -2.07. The summed E-state index contributed by atoms with van der Waals surface area (Å²) in [5, 5.41) is 22.7. The van der Waals surface area contributed by atoms with Crippen molar-refractivity contribution in [2.24, 2.45) is 0 Å². The van der Waals surface area contributed by atoms with Crippen LogP contribution in [-0.4, -0.2) is 23.2 Å². The van der Waals surface area contributed by atoms with Gasteiger partial charge in [0.15, 0.2) is 0 Å². The van der Waals surface area contributed by atoms with E-state index in [0.717, 1.165) is 25.7 Å². The van der Waals surface area contributed by atoms with E-state index in [4.69, 9.17) is 16.7 Å². The Morgan fingerprint density at radius 1 is 1.28 bits per heavy atom. The fourth-order valence-corrected chi connectivity index (χ4v) is 1.90. The predicted octanol–water partition coefficient (Wildman–Crippen LogP) is 3.21. The molecule has 0 spiro atoms. The standard InChI is InChI=1S/C12H17ClN2O3/c13-10-6-5-7-11(12(10)15(17)18)14-8-3-1-2-4-9-16/h5-7,14,16H,1-4,8-9H2. The number of nitro groups is 1. The van der Waals surface area contributed by atoms with E-state index in [0.29, 0.717) is 12.2 Å². The molecule has 0 aliphatic carbocycles. The molecule has 0 unspecified atom stereocenters. The van der Waals surface area contributed by atoms with E-state index < -0.39 is 4.92 Å². The SMILES string of the molecule is O=[N+]([O-])c1c(Cl)cccc1NCCCCCCO. The minimum Gasteiger partial charge on any atom is -0.396 e. The number of nitrogens with one attached hydrogen (secondary N) is 1. The summed E-state index contributed by atoms with van der Waals surface area (Å²) >= 11 is 5.80. The number of anilines is 1. The van der Waals surface area contributed by atoms with Gasteiger partial charge in [-0.05, 0) is 25.0 Å². The van der Waals surface area contributed by atoms with Crippen molar-refractivity contribution in [1.29, 1.82) is 0 Å². The Morgan fingerprint density at radius 2 is 2.00 bits per heavy atom. The van der Waals surface area contributed by atoms with Crippen LogP contribution >= 0.6 is 11.6 Å². The molecular weight excluding hydrogens is 256 g/mol. The minimum atomic E-state index is -0.476. The Bertz CT molecular complexity index is 399. The molecule has 0 aliphatic rings. The maximum Gasteiger partial charge on any atom is 0.310 e. The van der Waals surface area contributed by atoms with Gasteiger partial charge in [-0.1, -0.05) is 30.5 Å². The highest BCUT2D eigenvalue weighted by Gasteiger charge is 2.17. The summed E-state index contributed by atoms with van der Waals surface area (Å²) in [6.07, 6.45) is 3.67. The first-order chi connectivity index (χ1) is 8.66. The lowest BCUT2D eigenvalue weighted by molar-refractivity contribution is -0.383. The third-order valence-corrected chi connectivity index (χ3v) is 2.87. The molecule has 0 aromatic heterocycles. The van der Waals surface area contributed by atoms with Gasteiger partial charge in [0.1, 0.15) is 10.7 Å². The predicted molar refractivity (Wildman–Crippen MR) is 72.1 cm³/mol. The fraction of sp³-hybridized carbons (Fsp3) is 0.500. The van der Waals surface area contributed by atoms with Gasteiger partial charge in [-0.25, -0.2) is 0 Å². The van der Waals surface area contributed by atoms with Crippen molar-refractivity contribution in [3.05, 3.63) is 33.3 Å². The van der Waals surface area contributed by atoms with Crippen LogP contribution in [-0.2, 0) is 0 Å². The Labute approximate surface area is 111 Å². The zero-order valence-corrected chi connectivity index (χ0v) is 10.8. The normalized spacial score (nSPS) is 10.3. The van der Waals surface area contributed by atoms with Crippen LogP contribution in [0.2, 0.25) is 5.02 Å². The number of aliphatic hydroxyl groups is 1. The van der Waals surface area contributed by atoms with Crippen LogP contribution in [0.5, 0.6) is 0 Å². The Hall–Kier alpha value is -1.33. The molecule has 0 bridgehead atoms. The lowest BCUT2D eigenvalue weighted by atomic mass is 10.2. The maximum absolute atomic E-state index is 10.9. The average molecular weight is 273 g/mol. The number of hydrogen-bond acceptors (Lipinski definition) is 4. The second-order valence-electron chi connectivity index (χ2n) is 3.96. The highest BCUT2D eigenvalue weighted by atomic mass is 35.5. The van der Waals surface area contributed by atoms with E-state index in [-0.39, 0.29) is 17.3 Å². The molecular formula is C12H17ClN2O3. The summed E-state index contributed by atoms with van der Waals surface area (Å²) in [6, 6.07) is 4.84. The van der Waals surface area contributed by atoms with Gasteiger partial charge in [0, 0.05) is 13.2 Å². The lowest BCUT2D eigenvalue weighted by Crippen LogP contribution is -2.04. The summed E-state index contributed by atoms with van der Waals surface area (Å²) in [6.45, 7) is 0.875. The first kappa shape index (κ1) is 14.7. The van der Waals surface area contributed by atoms with Crippen molar-refractivity contribution in [2.45, 2.75) is 25.7 Å². The number of benzene rings is 1. The summed E-state index contributed by atoms with van der Waals surface area (Å²) in [5.74, 6) is 0. The smallest absolute Gasteiger partial charge is 0.310 e. The van der Waals surface area contributed by atoms with Crippen LogP contribution < -0.4 is 5.32 Å². The monoisotopic (exact) mass is 272 g/mol. The number of para-hydroxylation sites is 1. The molecule has 0 aliphatic heterocycles. The van der Waals surface area contributed by atoms with E-state index in [1.54, 1.807) is 12.1 Å². The van der Waals surface area contributed by atoms with Crippen LogP contribution in [0.3, 0.4) is 0 Å². The molecule has 1 aromatic carbocycles. The highest BCUT2D eigenvalue weighted by Crippen LogP contribution is 2.32. The number of aliphatic hydroxyl groups excluding tert-OH is 1. The molecule has 0 radical (unpaired) electrons. The third-order valence-electron chi connectivity index (χ3n) is 2.57. The van der Waals surface area contributed by atoms with E-state index in [9.17, 15) is 10.1 Å². The van der Waals surface area contributed by atoms with Gasteiger partial charge in [-0.2, -0.15) is 0 Å². The highest BCUT2D eigenvalue weighted by molar-refractivity contribution is 6.33. The van der Waals surface area contributed by atoms with Crippen LogP contribution in [0.1, 0.15) is 25.7 Å². The van der Waals surface area contributed by atoms with Crippen LogP contribution in [0.4, 0.5) is 11.4 Å². The van der Waals surface area contributed by atoms with Crippen molar-refractivity contribution in [1.82, 2.24) is 0 Å². The summed E-state index contributed by atoms with van der Waals surface area (Å²) in [7, 11) is 0. The summed E-state index contributed by atoms with van der Waals surface area (Å²) < 4.78 is 0. The first-order valence-electron chi connectivity index (χ1n) is 5.94. The van der Waals surface area contributed by atoms with Gasteiger partial charge < -0.3 is 10.4 Å². The fourth-order valence-electron chi connectivity index (χ4n) is 1.66. The molecule has 0 heterocycles. The number of hydrogen-bond donors (Lipinski definition) is 2. The average Bonchev–Trinajstić information content (AvgIpc) is 2.33. The molecule has 0 saturated heterocycles. The van der Waals surface area contributed by atoms with E-state index in [2.05, 4.69) is 5.32 Å². The molecule has 2 N–H and O–H groups in total. The van der Waals surface area contributed by atoms with E-state index >= 15 is 0 Å². The van der Waals surface area contributed by atoms with E-state index in [1.807, 2.05) is 0 Å². The van der Waals surface area contributed by atoms with Crippen molar-refractivity contribution in [3.8, 4) is 0 Å². The second kappa shape index (κ2) is 7.89. The molecule has 5 nitrogen and oxygen atoms in total. The van der Waals surface area contributed by atoms with Crippen molar-refractivity contribution >= 4 is 23.0 Å². The van der Waals surface area contributed by atoms with Crippen molar-refractivity contribution in [3.63, 3.8) is 0 Å². The van der Waals surface area contributed by atoms with Crippen molar-refractivity contribution < 1.29 is 10.0 Å². The third kappa shape index (κ3) is 4.50. The number of halogens is 1. The molecule has 0 amide bonds. The molecule has 1 rings (SSSR count). The van der Waals surface area contributed by atoms with Crippen LogP contribution in [0.25, 0.3) is 0 Å². The molecule has 0 atom stereocenters. The largest absolute Gasteiger partial charge is 0.396 e. The molecule has 6 heteroatoms. The number of nitro benzene ring substituents is 1. The summed E-state index contributed by atoms with van der Waals surface area (Å²) in [5.41, 5.74) is 0.379. The minimum absolute atomic E-state index is 0.0745. The van der Waals surface area contributed by atoms with Gasteiger partial charge in [0.25, 0.3) is 0 Å². The van der Waals surface area contributed by atoms with Gasteiger partial charge in [-0.15, -0.1) is 0 Å².